The number of ether oxygens (including phenoxy) is 1. The van der Waals surface area contributed by atoms with Gasteiger partial charge >= 0.3 is 0 Å². The summed E-state index contributed by atoms with van der Waals surface area (Å²) in [6.07, 6.45) is 1.42. The van der Waals surface area contributed by atoms with Crippen LogP contribution in [0.2, 0.25) is 0 Å². The summed E-state index contributed by atoms with van der Waals surface area (Å²) in [6, 6.07) is 0. The van der Waals surface area contributed by atoms with Gasteiger partial charge in [0.05, 0.1) is 23.5 Å². The van der Waals surface area contributed by atoms with E-state index in [2.05, 4.69) is 5.32 Å². The van der Waals surface area contributed by atoms with Gasteiger partial charge in [-0.1, -0.05) is 6.92 Å². The second-order valence-corrected chi connectivity index (χ2v) is 5.98. The minimum atomic E-state index is -0.275. The predicted octanol–water partition coefficient (Wildman–Crippen LogP) is 2.46. The van der Waals surface area contributed by atoms with Crippen LogP contribution in [0.3, 0.4) is 0 Å². The highest BCUT2D eigenvalue weighted by atomic mass is 16.5. The fourth-order valence-corrected chi connectivity index (χ4v) is 2.30. The molecule has 0 aliphatic heterocycles. The highest BCUT2D eigenvalue weighted by Gasteiger charge is 2.25. The lowest BCUT2D eigenvalue weighted by atomic mass is 10.1. The van der Waals surface area contributed by atoms with Crippen molar-refractivity contribution in [1.82, 2.24) is 9.88 Å². The van der Waals surface area contributed by atoms with Gasteiger partial charge in [0.25, 0.3) is 5.91 Å². The molecule has 0 aromatic carbocycles. The van der Waals surface area contributed by atoms with E-state index < -0.39 is 0 Å². The minimum Gasteiger partial charge on any atom is -0.370 e. The van der Waals surface area contributed by atoms with E-state index in [0.717, 1.165) is 17.5 Å². The van der Waals surface area contributed by atoms with Gasteiger partial charge in [0.2, 0.25) is 0 Å². The summed E-state index contributed by atoms with van der Waals surface area (Å²) in [4.78, 5) is 23.6. The molecule has 0 radical (unpaired) electrons. The number of hydrogen-bond donors (Lipinski definition) is 1. The van der Waals surface area contributed by atoms with Crippen LogP contribution in [0.1, 0.15) is 66.7 Å². The molecule has 21 heavy (non-hydrogen) atoms. The molecule has 5 nitrogen and oxygen atoms in total. The number of carbonyl (C=O) groups excluding carboxylic acids is 2. The second-order valence-electron chi connectivity index (χ2n) is 5.98. The van der Waals surface area contributed by atoms with E-state index in [1.54, 1.807) is 11.6 Å². The van der Waals surface area contributed by atoms with Crippen LogP contribution in [0.15, 0.2) is 0 Å². The van der Waals surface area contributed by atoms with Gasteiger partial charge in [-0.05, 0) is 39.7 Å². The Hall–Kier alpha value is -1.62. The second kappa shape index (κ2) is 6.89. The molecule has 1 aromatic heterocycles. The standard InChI is InChI=1S/C16H26N2O3/c1-7-11-13(10-21-16(3,4)5)18(6)12(9-19)14(11)15(20)17-8-2/h9H,7-8,10H2,1-6H3,(H,17,20). The van der Waals surface area contributed by atoms with E-state index in [9.17, 15) is 9.59 Å². The van der Waals surface area contributed by atoms with Gasteiger partial charge < -0.3 is 14.6 Å². The van der Waals surface area contributed by atoms with E-state index in [0.29, 0.717) is 30.8 Å². The van der Waals surface area contributed by atoms with Crippen LogP contribution in [-0.4, -0.2) is 28.9 Å². The highest BCUT2D eigenvalue weighted by molar-refractivity contribution is 6.02. The molecule has 0 saturated heterocycles. The molecule has 0 aliphatic carbocycles. The lowest BCUT2D eigenvalue weighted by Gasteiger charge is -2.20. The summed E-state index contributed by atoms with van der Waals surface area (Å²) in [7, 11) is 1.80. The van der Waals surface area contributed by atoms with Crippen LogP contribution < -0.4 is 5.32 Å². The van der Waals surface area contributed by atoms with Gasteiger partial charge in [0.15, 0.2) is 6.29 Å². The summed E-state index contributed by atoms with van der Waals surface area (Å²) in [5, 5.41) is 2.77. The van der Waals surface area contributed by atoms with Crippen LogP contribution in [-0.2, 0) is 24.8 Å². The summed E-state index contributed by atoms with van der Waals surface area (Å²) in [5.41, 5.74) is 2.38. The summed E-state index contributed by atoms with van der Waals surface area (Å²) < 4.78 is 7.59. The lowest BCUT2D eigenvalue weighted by Crippen LogP contribution is -2.24. The summed E-state index contributed by atoms with van der Waals surface area (Å²) >= 11 is 0. The number of aromatic nitrogens is 1. The first-order valence-electron chi connectivity index (χ1n) is 7.34. The van der Waals surface area contributed by atoms with Gasteiger partial charge in [-0.25, -0.2) is 0 Å². The van der Waals surface area contributed by atoms with Crippen LogP contribution >= 0.6 is 0 Å². The van der Waals surface area contributed by atoms with Gasteiger partial charge in [0.1, 0.15) is 0 Å². The van der Waals surface area contributed by atoms with Crippen molar-refractivity contribution >= 4 is 12.2 Å². The smallest absolute Gasteiger partial charge is 0.253 e. The van der Waals surface area contributed by atoms with E-state index in [-0.39, 0.29) is 11.5 Å². The predicted molar refractivity (Wildman–Crippen MR) is 82.7 cm³/mol. The maximum absolute atomic E-state index is 12.2. The topological polar surface area (TPSA) is 60.3 Å². The van der Waals surface area contributed by atoms with Crippen molar-refractivity contribution in [3.05, 3.63) is 22.5 Å². The molecule has 0 spiro atoms. The Labute approximate surface area is 126 Å². The molecule has 118 valence electrons. The third-order valence-electron chi connectivity index (χ3n) is 3.34. The molecule has 1 aromatic rings. The molecule has 0 bridgehead atoms. The van der Waals surface area contributed by atoms with Crippen LogP contribution in [0.5, 0.6) is 0 Å². The first kappa shape index (κ1) is 17.4. The number of carbonyl (C=O) groups is 2. The van der Waals surface area contributed by atoms with Crippen LogP contribution in [0, 0.1) is 0 Å². The summed E-state index contributed by atoms with van der Waals surface area (Å²) in [5.74, 6) is -0.200. The van der Waals surface area contributed by atoms with E-state index >= 15 is 0 Å². The first-order valence-corrected chi connectivity index (χ1v) is 7.34. The van der Waals surface area contributed by atoms with Crippen molar-refractivity contribution in [3.8, 4) is 0 Å². The van der Waals surface area contributed by atoms with Crippen molar-refractivity contribution in [2.45, 2.75) is 53.2 Å². The maximum Gasteiger partial charge on any atom is 0.253 e. The number of nitrogens with zero attached hydrogens (tertiary/aromatic N) is 1. The molecule has 1 amide bonds. The average Bonchev–Trinajstić information content (AvgIpc) is 2.67. The van der Waals surface area contributed by atoms with Crippen molar-refractivity contribution in [2.24, 2.45) is 7.05 Å². The quantitative estimate of drug-likeness (QED) is 0.820. The Balaban J connectivity index is 3.31. The maximum atomic E-state index is 12.2. The Bertz CT molecular complexity index is 525. The molecular weight excluding hydrogens is 268 g/mol. The Morgan fingerprint density at radius 2 is 1.95 bits per heavy atom. The van der Waals surface area contributed by atoms with Crippen LogP contribution in [0.25, 0.3) is 0 Å². The van der Waals surface area contributed by atoms with Crippen molar-refractivity contribution in [1.29, 1.82) is 0 Å². The molecule has 1 rings (SSSR count). The van der Waals surface area contributed by atoms with E-state index in [1.807, 2.05) is 34.6 Å². The molecule has 0 saturated carbocycles. The van der Waals surface area contributed by atoms with Gasteiger partial charge in [-0.2, -0.15) is 0 Å². The molecule has 0 unspecified atom stereocenters. The molecule has 0 atom stereocenters. The zero-order valence-electron chi connectivity index (χ0n) is 13.9. The number of aldehydes is 1. The molecule has 5 heteroatoms. The monoisotopic (exact) mass is 294 g/mol. The van der Waals surface area contributed by atoms with Crippen molar-refractivity contribution in [3.63, 3.8) is 0 Å². The van der Waals surface area contributed by atoms with Crippen molar-refractivity contribution < 1.29 is 14.3 Å². The van der Waals surface area contributed by atoms with E-state index in [4.69, 9.17) is 4.74 Å². The number of rotatable bonds is 6. The average molecular weight is 294 g/mol. The number of hydrogen-bond acceptors (Lipinski definition) is 3. The Morgan fingerprint density at radius 1 is 1.33 bits per heavy atom. The molecule has 1 heterocycles. The number of nitrogens with one attached hydrogen (secondary N) is 1. The van der Waals surface area contributed by atoms with Crippen LogP contribution in [0.4, 0.5) is 0 Å². The van der Waals surface area contributed by atoms with Gasteiger partial charge in [-0.15, -0.1) is 0 Å². The molecular formula is C16H26N2O3. The Morgan fingerprint density at radius 3 is 2.38 bits per heavy atom. The van der Waals surface area contributed by atoms with E-state index in [1.165, 1.54) is 0 Å². The molecule has 0 fully saturated rings. The molecule has 1 N–H and O–H groups in total. The zero-order valence-corrected chi connectivity index (χ0v) is 13.9. The zero-order chi connectivity index (χ0) is 16.2. The normalized spacial score (nSPS) is 11.5. The number of amides is 1. The SMILES string of the molecule is CCNC(=O)c1c(CC)c(COC(C)(C)C)n(C)c1C=O. The minimum absolute atomic E-state index is 0.200. The summed E-state index contributed by atoms with van der Waals surface area (Å²) in [6.45, 7) is 10.7. The fourth-order valence-electron chi connectivity index (χ4n) is 2.30. The van der Waals surface area contributed by atoms with Gasteiger partial charge in [-0.3, -0.25) is 9.59 Å². The largest absolute Gasteiger partial charge is 0.370 e. The third kappa shape index (κ3) is 3.94. The first-order chi connectivity index (χ1) is 9.76. The highest BCUT2D eigenvalue weighted by Crippen LogP contribution is 2.24. The fraction of sp³-hybridized carbons (Fsp3) is 0.625. The lowest BCUT2D eigenvalue weighted by molar-refractivity contribution is -0.0176. The third-order valence-corrected chi connectivity index (χ3v) is 3.34. The van der Waals surface area contributed by atoms with Gasteiger partial charge in [0, 0.05) is 19.3 Å². The van der Waals surface area contributed by atoms with Crippen molar-refractivity contribution in [2.75, 3.05) is 6.54 Å². The Kier molecular flexibility index (Phi) is 5.72. The molecule has 0 aliphatic rings.